The molecule has 1 fully saturated rings. The van der Waals surface area contributed by atoms with E-state index in [9.17, 15) is 4.79 Å². The molecule has 0 spiro atoms. The quantitative estimate of drug-likeness (QED) is 0.492. The molecule has 0 aromatic heterocycles. The van der Waals surface area contributed by atoms with Crippen LogP contribution in [0.1, 0.15) is 11.7 Å². The molecule has 1 N–H and O–H groups in total. The highest BCUT2D eigenvalue weighted by Gasteiger charge is 2.23. The lowest BCUT2D eigenvalue weighted by Crippen LogP contribution is -2.42. The lowest BCUT2D eigenvalue weighted by Gasteiger charge is -2.32. The van der Waals surface area contributed by atoms with E-state index in [4.69, 9.17) is 4.74 Å². The van der Waals surface area contributed by atoms with Crippen LogP contribution in [0.5, 0.6) is 0 Å². The van der Waals surface area contributed by atoms with Crippen LogP contribution in [0.2, 0.25) is 0 Å². The molecular weight excluding hydrogens is 424 g/mol. The number of para-hydroxylation sites is 1. The zero-order chi connectivity index (χ0) is 19.1. The molecule has 1 heterocycles. The van der Waals surface area contributed by atoms with E-state index in [1.165, 1.54) is 0 Å². The first-order valence-corrected chi connectivity index (χ1v) is 10.7. The maximum absolute atomic E-state index is 12.6. The molecule has 6 heteroatoms. The molecule has 2 aromatic rings. The van der Waals surface area contributed by atoms with Gasteiger partial charge in [0, 0.05) is 28.2 Å². The van der Waals surface area contributed by atoms with E-state index in [2.05, 4.69) is 44.9 Å². The number of carbonyl (C=O) groups is 1. The summed E-state index contributed by atoms with van der Waals surface area (Å²) in [5.41, 5.74) is 1.99. The van der Waals surface area contributed by atoms with Crippen molar-refractivity contribution >= 4 is 39.3 Å². The van der Waals surface area contributed by atoms with Gasteiger partial charge in [-0.15, -0.1) is 18.3 Å². The van der Waals surface area contributed by atoms with Crippen LogP contribution in [0, 0.1) is 0 Å². The lowest BCUT2D eigenvalue weighted by molar-refractivity contribution is -0.119. The summed E-state index contributed by atoms with van der Waals surface area (Å²) < 4.78 is 6.94. The van der Waals surface area contributed by atoms with Gasteiger partial charge in [-0.05, 0) is 29.8 Å². The van der Waals surface area contributed by atoms with Crippen LogP contribution in [-0.2, 0) is 9.53 Å². The monoisotopic (exact) mass is 446 g/mol. The number of benzene rings is 2. The van der Waals surface area contributed by atoms with E-state index in [1.54, 1.807) is 11.8 Å². The van der Waals surface area contributed by atoms with Crippen LogP contribution < -0.4 is 5.32 Å². The Morgan fingerprint density at radius 2 is 2.07 bits per heavy atom. The zero-order valence-electron chi connectivity index (χ0n) is 15.1. The minimum absolute atomic E-state index is 0.00175. The Morgan fingerprint density at radius 3 is 2.85 bits per heavy atom. The van der Waals surface area contributed by atoms with Crippen LogP contribution >= 0.6 is 27.7 Å². The standard InChI is InChI=1S/C21H23BrN2O2S/c1-2-13-27-20-6-4-3-5-18(20)23-21(25)15-24-11-12-26-19(14-24)16-7-9-17(22)10-8-16/h2-10,19H,1,11-15H2,(H,23,25). The van der Waals surface area contributed by atoms with E-state index in [0.29, 0.717) is 19.7 Å². The molecule has 1 unspecified atom stereocenters. The van der Waals surface area contributed by atoms with Gasteiger partial charge in [-0.25, -0.2) is 0 Å². The summed E-state index contributed by atoms with van der Waals surface area (Å²) >= 11 is 5.12. The van der Waals surface area contributed by atoms with Crippen LogP contribution in [0.25, 0.3) is 0 Å². The van der Waals surface area contributed by atoms with Gasteiger partial charge in [0.05, 0.1) is 24.9 Å². The number of amides is 1. The first kappa shape index (κ1) is 20.1. The molecular formula is C21H23BrN2O2S. The van der Waals surface area contributed by atoms with Crippen molar-refractivity contribution in [2.45, 2.75) is 11.0 Å². The Bertz CT molecular complexity index is 782. The molecule has 1 aliphatic heterocycles. The number of nitrogens with zero attached hydrogens (tertiary/aromatic N) is 1. The van der Waals surface area contributed by atoms with Gasteiger partial charge in [-0.2, -0.15) is 0 Å². The number of ether oxygens (including phenoxy) is 1. The van der Waals surface area contributed by atoms with Gasteiger partial charge in [-0.1, -0.05) is 46.3 Å². The number of hydrogen-bond donors (Lipinski definition) is 1. The first-order valence-electron chi connectivity index (χ1n) is 8.87. The second-order valence-corrected chi connectivity index (χ2v) is 8.27. The van der Waals surface area contributed by atoms with Crippen LogP contribution in [0.15, 0.2) is 70.6 Å². The van der Waals surface area contributed by atoms with Gasteiger partial charge in [0.25, 0.3) is 0 Å². The predicted octanol–water partition coefficient (Wildman–Crippen LogP) is 4.74. The number of carbonyl (C=O) groups excluding carboxylic acids is 1. The molecule has 0 bridgehead atoms. The number of anilines is 1. The number of nitrogens with one attached hydrogen (secondary N) is 1. The van der Waals surface area contributed by atoms with Crippen molar-refractivity contribution in [3.05, 3.63) is 71.2 Å². The van der Waals surface area contributed by atoms with Crippen molar-refractivity contribution in [2.24, 2.45) is 0 Å². The van der Waals surface area contributed by atoms with Crippen LogP contribution in [-0.4, -0.2) is 42.8 Å². The zero-order valence-corrected chi connectivity index (χ0v) is 17.5. The van der Waals surface area contributed by atoms with Gasteiger partial charge >= 0.3 is 0 Å². The van der Waals surface area contributed by atoms with E-state index in [1.807, 2.05) is 42.5 Å². The third kappa shape index (κ3) is 5.94. The molecule has 0 radical (unpaired) electrons. The van der Waals surface area contributed by atoms with Gasteiger partial charge in [0.15, 0.2) is 0 Å². The average molecular weight is 447 g/mol. The molecule has 27 heavy (non-hydrogen) atoms. The van der Waals surface area contributed by atoms with Crippen molar-refractivity contribution in [3.63, 3.8) is 0 Å². The number of morpholine rings is 1. The number of thioether (sulfide) groups is 1. The number of rotatable bonds is 7. The molecule has 1 saturated heterocycles. The smallest absolute Gasteiger partial charge is 0.238 e. The molecule has 4 nitrogen and oxygen atoms in total. The highest BCUT2D eigenvalue weighted by molar-refractivity contribution is 9.10. The summed E-state index contributed by atoms with van der Waals surface area (Å²) in [6, 6.07) is 16.0. The van der Waals surface area contributed by atoms with Gasteiger partial charge in [0.2, 0.25) is 5.91 Å². The van der Waals surface area contributed by atoms with Crippen LogP contribution in [0.4, 0.5) is 5.69 Å². The summed E-state index contributed by atoms with van der Waals surface area (Å²) in [7, 11) is 0. The van der Waals surface area contributed by atoms with E-state index >= 15 is 0 Å². The summed E-state index contributed by atoms with van der Waals surface area (Å²) in [4.78, 5) is 15.8. The fourth-order valence-corrected chi connectivity index (χ4v) is 3.97. The summed E-state index contributed by atoms with van der Waals surface area (Å²) in [6.07, 6.45) is 1.86. The first-order chi connectivity index (χ1) is 13.2. The Hall–Kier alpha value is -1.60. The van der Waals surface area contributed by atoms with E-state index in [-0.39, 0.29) is 12.0 Å². The van der Waals surface area contributed by atoms with Crippen molar-refractivity contribution in [1.82, 2.24) is 4.90 Å². The fourth-order valence-electron chi connectivity index (χ4n) is 2.96. The topological polar surface area (TPSA) is 41.6 Å². The molecule has 0 saturated carbocycles. The molecule has 3 rings (SSSR count). The molecule has 2 aromatic carbocycles. The minimum atomic E-state index is -0.00455. The third-order valence-electron chi connectivity index (χ3n) is 4.28. The SMILES string of the molecule is C=CCSc1ccccc1NC(=O)CN1CCOC(c2ccc(Br)cc2)C1. The second kappa shape index (κ2) is 10.1. The molecule has 0 aliphatic carbocycles. The Balaban J connectivity index is 1.58. The van der Waals surface area contributed by atoms with Gasteiger partial charge < -0.3 is 10.1 Å². The molecule has 142 valence electrons. The van der Waals surface area contributed by atoms with Crippen molar-refractivity contribution < 1.29 is 9.53 Å². The lowest BCUT2D eigenvalue weighted by atomic mass is 10.1. The normalized spacial score (nSPS) is 17.4. The minimum Gasteiger partial charge on any atom is -0.371 e. The van der Waals surface area contributed by atoms with Gasteiger partial charge in [0.1, 0.15) is 0 Å². The van der Waals surface area contributed by atoms with E-state index in [0.717, 1.165) is 32.9 Å². The highest BCUT2D eigenvalue weighted by atomic mass is 79.9. The highest BCUT2D eigenvalue weighted by Crippen LogP contribution is 2.27. The summed E-state index contributed by atoms with van der Waals surface area (Å²) in [5, 5.41) is 3.05. The summed E-state index contributed by atoms with van der Waals surface area (Å²) in [6.45, 7) is 6.20. The molecule has 1 amide bonds. The third-order valence-corrected chi connectivity index (χ3v) is 5.88. The molecule has 1 aliphatic rings. The Morgan fingerprint density at radius 1 is 1.30 bits per heavy atom. The average Bonchev–Trinajstić information content (AvgIpc) is 2.68. The summed E-state index contributed by atoms with van der Waals surface area (Å²) in [5.74, 6) is 0.809. The van der Waals surface area contributed by atoms with Crippen molar-refractivity contribution in [3.8, 4) is 0 Å². The van der Waals surface area contributed by atoms with Crippen LogP contribution in [0.3, 0.4) is 0 Å². The number of halogens is 1. The Labute approximate surface area is 173 Å². The maximum Gasteiger partial charge on any atom is 0.238 e. The van der Waals surface area contributed by atoms with Gasteiger partial charge in [-0.3, -0.25) is 9.69 Å². The predicted molar refractivity (Wildman–Crippen MR) is 115 cm³/mol. The fraction of sp³-hybridized carbons (Fsp3) is 0.286. The molecule has 1 atom stereocenters. The largest absolute Gasteiger partial charge is 0.371 e. The van der Waals surface area contributed by atoms with Crippen molar-refractivity contribution in [2.75, 3.05) is 37.3 Å². The second-order valence-electron chi connectivity index (χ2n) is 6.29. The Kier molecular flexibility index (Phi) is 7.52. The van der Waals surface area contributed by atoms with E-state index < -0.39 is 0 Å². The maximum atomic E-state index is 12.6. The number of hydrogen-bond acceptors (Lipinski definition) is 4. The van der Waals surface area contributed by atoms with Crippen molar-refractivity contribution in [1.29, 1.82) is 0 Å².